The van der Waals surface area contributed by atoms with E-state index in [2.05, 4.69) is 21.8 Å². The van der Waals surface area contributed by atoms with Crippen molar-refractivity contribution in [3.8, 4) is 0 Å². The van der Waals surface area contributed by atoms with Crippen LogP contribution < -0.4 is 5.32 Å². The van der Waals surface area contributed by atoms with Gasteiger partial charge in [-0.3, -0.25) is 0 Å². The van der Waals surface area contributed by atoms with E-state index in [0.717, 1.165) is 25.9 Å². The number of nitrogens with zero attached hydrogens (tertiary/aromatic N) is 2. The van der Waals surface area contributed by atoms with E-state index < -0.39 is 0 Å². The van der Waals surface area contributed by atoms with Crippen molar-refractivity contribution in [1.82, 2.24) is 14.9 Å². The monoisotopic (exact) mass is 209 g/mol. The van der Waals surface area contributed by atoms with E-state index in [9.17, 15) is 0 Å². The fourth-order valence-electron chi connectivity index (χ4n) is 1.95. The molecule has 4 heteroatoms. The van der Waals surface area contributed by atoms with Gasteiger partial charge in [-0.2, -0.15) is 0 Å². The van der Waals surface area contributed by atoms with Gasteiger partial charge < -0.3 is 14.6 Å². The van der Waals surface area contributed by atoms with Crippen LogP contribution in [-0.4, -0.2) is 28.8 Å². The first kappa shape index (κ1) is 10.6. The maximum absolute atomic E-state index is 5.24. The van der Waals surface area contributed by atoms with Crippen LogP contribution in [0.25, 0.3) is 0 Å². The van der Waals surface area contributed by atoms with Gasteiger partial charge in [0.2, 0.25) is 0 Å². The summed E-state index contributed by atoms with van der Waals surface area (Å²) in [4.78, 5) is 4.14. The third-order valence-corrected chi connectivity index (χ3v) is 3.14. The quantitative estimate of drug-likeness (QED) is 0.791. The van der Waals surface area contributed by atoms with Crippen molar-refractivity contribution in [3.63, 3.8) is 0 Å². The maximum atomic E-state index is 5.24. The van der Waals surface area contributed by atoms with Crippen molar-refractivity contribution in [2.45, 2.75) is 45.0 Å². The van der Waals surface area contributed by atoms with Crippen molar-refractivity contribution in [1.29, 1.82) is 0 Å². The van der Waals surface area contributed by atoms with Crippen LogP contribution in [0.1, 0.15) is 25.5 Å². The molecule has 15 heavy (non-hydrogen) atoms. The molecule has 0 amide bonds. The smallest absolute Gasteiger partial charge is 0.0948 e. The molecule has 0 aromatic carbocycles. The van der Waals surface area contributed by atoms with Crippen LogP contribution >= 0.6 is 0 Å². The lowest BCUT2D eigenvalue weighted by Crippen LogP contribution is -2.44. The minimum atomic E-state index is 0.471. The van der Waals surface area contributed by atoms with Crippen LogP contribution in [0, 0.1) is 0 Å². The van der Waals surface area contributed by atoms with Gasteiger partial charge in [-0.05, 0) is 19.8 Å². The molecule has 0 unspecified atom stereocenters. The summed E-state index contributed by atoms with van der Waals surface area (Å²) in [6, 6.07) is 0.621. The lowest BCUT2D eigenvalue weighted by molar-refractivity contribution is 0.0168. The molecule has 1 N–H and O–H groups in total. The number of rotatable bonds is 5. The topological polar surface area (TPSA) is 39.1 Å². The lowest BCUT2D eigenvalue weighted by atomic mass is 9.89. The Hall–Kier alpha value is -0.870. The highest BCUT2D eigenvalue weighted by Gasteiger charge is 2.28. The Labute approximate surface area is 90.6 Å². The Bertz CT molecular complexity index is 305. The summed E-state index contributed by atoms with van der Waals surface area (Å²) < 4.78 is 7.41. The van der Waals surface area contributed by atoms with Gasteiger partial charge in [-0.15, -0.1) is 0 Å². The molecule has 84 valence electrons. The minimum Gasteiger partial charge on any atom is -0.381 e. The van der Waals surface area contributed by atoms with Crippen molar-refractivity contribution >= 4 is 0 Å². The highest BCUT2D eigenvalue weighted by atomic mass is 16.5. The molecule has 0 aliphatic heterocycles. The third kappa shape index (κ3) is 2.38. The molecule has 1 saturated carbocycles. The highest BCUT2D eigenvalue weighted by Crippen LogP contribution is 2.22. The summed E-state index contributed by atoms with van der Waals surface area (Å²) in [6.45, 7) is 4.03. The number of aryl methyl sites for hydroxylation is 1. The normalized spacial score (nSPS) is 25.2. The zero-order valence-electron chi connectivity index (χ0n) is 9.44. The number of methoxy groups -OCH3 is 1. The number of nitrogens with one attached hydrogen (secondary N) is 1. The van der Waals surface area contributed by atoms with E-state index in [0.29, 0.717) is 12.1 Å². The number of aromatic nitrogens is 2. The number of ether oxygens (including phenoxy) is 1. The van der Waals surface area contributed by atoms with Gasteiger partial charge in [0, 0.05) is 32.4 Å². The minimum absolute atomic E-state index is 0.471. The Morgan fingerprint density at radius 1 is 1.60 bits per heavy atom. The Kier molecular flexibility index (Phi) is 3.38. The second-order valence-corrected chi connectivity index (χ2v) is 4.08. The van der Waals surface area contributed by atoms with Crippen LogP contribution in [0.3, 0.4) is 0 Å². The van der Waals surface area contributed by atoms with Gasteiger partial charge in [-0.1, -0.05) is 0 Å². The summed E-state index contributed by atoms with van der Waals surface area (Å²) in [7, 11) is 1.78. The zero-order chi connectivity index (χ0) is 10.7. The summed E-state index contributed by atoms with van der Waals surface area (Å²) in [6.07, 6.45) is 6.56. The molecule has 4 nitrogen and oxygen atoms in total. The molecule has 1 aliphatic carbocycles. The Morgan fingerprint density at radius 2 is 2.40 bits per heavy atom. The van der Waals surface area contributed by atoms with E-state index in [-0.39, 0.29) is 0 Å². The molecule has 0 bridgehead atoms. The van der Waals surface area contributed by atoms with Crippen LogP contribution in [0.5, 0.6) is 0 Å². The van der Waals surface area contributed by atoms with Gasteiger partial charge >= 0.3 is 0 Å². The average molecular weight is 209 g/mol. The zero-order valence-corrected chi connectivity index (χ0v) is 9.44. The van der Waals surface area contributed by atoms with Crippen molar-refractivity contribution in [2.24, 2.45) is 0 Å². The van der Waals surface area contributed by atoms with E-state index in [1.807, 2.05) is 12.5 Å². The summed E-state index contributed by atoms with van der Waals surface area (Å²) in [5.74, 6) is 0. The largest absolute Gasteiger partial charge is 0.381 e. The van der Waals surface area contributed by atoms with Crippen LogP contribution in [0.4, 0.5) is 0 Å². The summed E-state index contributed by atoms with van der Waals surface area (Å²) in [5, 5.41) is 3.52. The van der Waals surface area contributed by atoms with Crippen molar-refractivity contribution < 1.29 is 4.74 Å². The molecule has 1 aromatic rings. The number of hydrogen-bond acceptors (Lipinski definition) is 3. The van der Waals surface area contributed by atoms with Crippen molar-refractivity contribution in [3.05, 3.63) is 18.2 Å². The summed E-state index contributed by atoms with van der Waals surface area (Å²) >= 11 is 0. The second kappa shape index (κ2) is 4.77. The van der Waals surface area contributed by atoms with Gasteiger partial charge in [0.25, 0.3) is 0 Å². The molecule has 0 saturated heterocycles. The van der Waals surface area contributed by atoms with E-state index in [1.54, 1.807) is 7.11 Å². The molecule has 0 spiro atoms. The van der Waals surface area contributed by atoms with Crippen LogP contribution in [0.15, 0.2) is 12.5 Å². The first-order valence-electron chi connectivity index (χ1n) is 5.58. The maximum Gasteiger partial charge on any atom is 0.0948 e. The summed E-state index contributed by atoms with van der Waals surface area (Å²) in [5.41, 5.74) is 1.26. The SMILES string of the molecule is CCn1cncc1CNC1CC(OC)C1. The highest BCUT2D eigenvalue weighted by molar-refractivity contribution is 4.99. The van der Waals surface area contributed by atoms with Gasteiger partial charge in [0.1, 0.15) is 0 Å². The van der Waals surface area contributed by atoms with E-state index >= 15 is 0 Å². The molecular formula is C11H19N3O. The predicted octanol–water partition coefficient (Wildman–Crippen LogP) is 1.17. The molecule has 1 aromatic heterocycles. The first-order valence-corrected chi connectivity index (χ1v) is 5.58. The fraction of sp³-hybridized carbons (Fsp3) is 0.727. The molecule has 1 aliphatic rings. The fourth-order valence-corrected chi connectivity index (χ4v) is 1.95. The molecular weight excluding hydrogens is 190 g/mol. The number of imidazole rings is 1. The standard InChI is InChI=1S/C11H19N3O/c1-3-14-8-12-6-10(14)7-13-9-4-11(5-9)15-2/h6,8-9,11,13H,3-5,7H2,1-2H3. The van der Waals surface area contributed by atoms with E-state index in [4.69, 9.17) is 4.74 Å². The molecule has 2 rings (SSSR count). The predicted molar refractivity (Wildman–Crippen MR) is 58.6 cm³/mol. The second-order valence-electron chi connectivity index (χ2n) is 4.08. The third-order valence-electron chi connectivity index (χ3n) is 3.14. The van der Waals surface area contributed by atoms with Gasteiger partial charge in [0.15, 0.2) is 0 Å². The van der Waals surface area contributed by atoms with Crippen LogP contribution in [-0.2, 0) is 17.8 Å². The lowest BCUT2D eigenvalue weighted by Gasteiger charge is -2.34. The molecule has 0 radical (unpaired) electrons. The molecule has 1 fully saturated rings. The Balaban J connectivity index is 1.75. The number of hydrogen-bond donors (Lipinski definition) is 1. The van der Waals surface area contributed by atoms with Gasteiger partial charge in [-0.25, -0.2) is 4.98 Å². The average Bonchev–Trinajstić information content (AvgIpc) is 2.63. The molecule has 0 atom stereocenters. The molecule has 1 heterocycles. The first-order chi connectivity index (χ1) is 7.33. The van der Waals surface area contributed by atoms with Crippen LogP contribution in [0.2, 0.25) is 0 Å². The van der Waals surface area contributed by atoms with E-state index in [1.165, 1.54) is 5.69 Å². The van der Waals surface area contributed by atoms with Gasteiger partial charge in [0.05, 0.1) is 18.1 Å². The van der Waals surface area contributed by atoms with Crippen molar-refractivity contribution in [2.75, 3.05) is 7.11 Å². The Morgan fingerprint density at radius 3 is 3.07 bits per heavy atom.